The Labute approximate surface area is 98.8 Å². The van der Waals surface area contributed by atoms with E-state index in [9.17, 15) is 0 Å². The van der Waals surface area contributed by atoms with Crippen molar-refractivity contribution in [1.29, 1.82) is 0 Å². The molecular formula is C15H22O. The highest BCUT2D eigenvalue weighted by Crippen LogP contribution is 2.31. The second-order valence-electron chi connectivity index (χ2n) is 4.87. The van der Waals surface area contributed by atoms with E-state index in [2.05, 4.69) is 38.1 Å². The molecule has 1 heteroatoms. The first-order chi connectivity index (χ1) is 7.81. The molecule has 88 valence electrons. The quantitative estimate of drug-likeness (QED) is 0.722. The standard InChI is InChI=1S/C15H22O/c1-3-12(2)14-10-6-7-11-15(14)16-13-8-4-5-9-13/h6-7,10-13H,3-5,8-9H2,1-2H3. The van der Waals surface area contributed by atoms with Crippen molar-refractivity contribution in [3.8, 4) is 5.75 Å². The number of rotatable bonds is 4. The molecule has 0 spiro atoms. The van der Waals surface area contributed by atoms with Crippen LogP contribution >= 0.6 is 0 Å². The van der Waals surface area contributed by atoms with Gasteiger partial charge in [0.15, 0.2) is 0 Å². The summed E-state index contributed by atoms with van der Waals surface area (Å²) in [6, 6.07) is 8.53. The highest BCUT2D eigenvalue weighted by molar-refractivity contribution is 5.36. The molecule has 0 amide bonds. The minimum absolute atomic E-state index is 0.463. The van der Waals surface area contributed by atoms with Crippen LogP contribution in [0, 0.1) is 0 Å². The average Bonchev–Trinajstić information content (AvgIpc) is 2.82. The summed E-state index contributed by atoms with van der Waals surface area (Å²) in [7, 11) is 0. The zero-order valence-electron chi connectivity index (χ0n) is 10.4. The maximum Gasteiger partial charge on any atom is 0.123 e. The summed E-state index contributed by atoms with van der Waals surface area (Å²) in [5.74, 6) is 1.71. The Morgan fingerprint density at radius 3 is 2.62 bits per heavy atom. The minimum atomic E-state index is 0.463. The second kappa shape index (κ2) is 5.38. The van der Waals surface area contributed by atoms with Crippen molar-refractivity contribution in [3.63, 3.8) is 0 Å². The van der Waals surface area contributed by atoms with Gasteiger partial charge in [0.1, 0.15) is 5.75 Å². The molecule has 1 atom stereocenters. The monoisotopic (exact) mass is 218 g/mol. The zero-order chi connectivity index (χ0) is 11.4. The van der Waals surface area contributed by atoms with Gasteiger partial charge in [-0.3, -0.25) is 0 Å². The third kappa shape index (κ3) is 2.58. The van der Waals surface area contributed by atoms with Gasteiger partial charge in [0.25, 0.3) is 0 Å². The molecule has 0 N–H and O–H groups in total. The van der Waals surface area contributed by atoms with Gasteiger partial charge < -0.3 is 4.74 Å². The Morgan fingerprint density at radius 2 is 1.94 bits per heavy atom. The lowest BCUT2D eigenvalue weighted by molar-refractivity contribution is 0.207. The molecule has 16 heavy (non-hydrogen) atoms. The SMILES string of the molecule is CCC(C)c1ccccc1OC1CCCC1. The van der Waals surface area contributed by atoms with E-state index in [1.165, 1.54) is 37.7 Å². The predicted octanol–water partition coefficient (Wildman–Crippen LogP) is 4.52. The summed E-state index contributed by atoms with van der Waals surface area (Å²) in [4.78, 5) is 0. The zero-order valence-corrected chi connectivity index (χ0v) is 10.4. The largest absolute Gasteiger partial charge is 0.490 e. The summed E-state index contributed by atoms with van der Waals surface area (Å²) >= 11 is 0. The van der Waals surface area contributed by atoms with E-state index in [0.29, 0.717) is 12.0 Å². The molecule has 1 fully saturated rings. The normalized spacial score (nSPS) is 18.6. The lowest BCUT2D eigenvalue weighted by Gasteiger charge is -2.19. The van der Waals surface area contributed by atoms with Crippen LogP contribution in [0.5, 0.6) is 5.75 Å². The van der Waals surface area contributed by atoms with E-state index < -0.39 is 0 Å². The lowest BCUT2D eigenvalue weighted by Crippen LogP contribution is -2.12. The number of benzene rings is 1. The fraction of sp³-hybridized carbons (Fsp3) is 0.600. The highest BCUT2D eigenvalue weighted by Gasteiger charge is 2.18. The van der Waals surface area contributed by atoms with Crippen LogP contribution in [0.4, 0.5) is 0 Å². The Hall–Kier alpha value is -0.980. The first kappa shape index (κ1) is 11.5. The maximum atomic E-state index is 6.13. The summed E-state index contributed by atoms with van der Waals surface area (Å²) in [5.41, 5.74) is 1.37. The molecule has 0 heterocycles. The molecule has 1 aliphatic rings. The van der Waals surface area contributed by atoms with Crippen molar-refractivity contribution in [2.75, 3.05) is 0 Å². The van der Waals surface area contributed by atoms with Crippen LogP contribution in [0.25, 0.3) is 0 Å². The van der Waals surface area contributed by atoms with Crippen LogP contribution < -0.4 is 4.74 Å². The maximum absolute atomic E-state index is 6.13. The van der Waals surface area contributed by atoms with E-state index in [-0.39, 0.29) is 0 Å². The van der Waals surface area contributed by atoms with Gasteiger partial charge in [-0.25, -0.2) is 0 Å². The number of ether oxygens (including phenoxy) is 1. The summed E-state index contributed by atoms with van der Waals surface area (Å²) < 4.78 is 6.13. The van der Waals surface area contributed by atoms with Gasteiger partial charge in [0, 0.05) is 0 Å². The van der Waals surface area contributed by atoms with Crippen molar-refractivity contribution in [3.05, 3.63) is 29.8 Å². The van der Waals surface area contributed by atoms with E-state index in [4.69, 9.17) is 4.74 Å². The van der Waals surface area contributed by atoms with Crippen molar-refractivity contribution in [2.24, 2.45) is 0 Å². The third-order valence-corrected chi connectivity index (χ3v) is 3.66. The second-order valence-corrected chi connectivity index (χ2v) is 4.87. The Balaban J connectivity index is 2.12. The van der Waals surface area contributed by atoms with Crippen molar-refractivity contribution < 1.29 is 4.74 Å². The van der Waals surface area contributed by atoms with Crippen LogP contribution in [0.2, 0.25) is 0 Å². The molecule has 1 aromatic carbocycles. The topological polar surface area (TPSA) is 9.23 Å². The molecule has 0 aliphatic heterocycles. The third-order valence-electron chi connectivity index (χ3n) is 3.66. The van der Waals surface area contributed by atoms with Gasteiger partial charge in [-0.05, 0) is 49.7 Å². The van der Waals surface area contributed by atoms with E-state index >= 15 is 0 Å². The van der Waals surface area contributed by atoms with Crippen LogP contribution in [-0.2, 0) is 0 Å². The molecule has 1 unspecified atom stereocenters. The highest BCUT2D eigenvalue weighted by atomic mass is 16.5. The number of para-hydroxylation sites is 1. The molecule has 1 aromatic rings. The van der Waals surface area contributed by atoms with E-state index in [0.717, 1.165) is 5.75 Å². The van der Waals surface area contributed by atoms with Crippen LogP contribution in [0.15, 0.2) is 24.3 Å². The van der Waals surface area contributed by atoms with Gasteiger partial charge in [-0.2, -0.15) is 0 Å². The van der Waals surface area contributed by atoms with Gasteiger partial charge in [0.2, 0.25) is 0 Å². The lowest BCUT2D eigenvalue weighted by atomic mass is 9.98. The first-order valence-electron chi connectivity index (χ1n) is 6.57. The van der Waals surface area contributed by atoms with E-state index in [1.807, 2.05) is 0 Å². The molecule has 0 aromatic heterocycles. The Morgan fingerprint density at radius 1 is 1.25 bits per heavy atom. The smallest absolute Gasteiger partial charge is 0.123 e. The van der Waals surface area contributed by atoms with Crippen LogP contribution in [0.3, 0.4) is 0 Å². The first-order valence-corrected chi connectivity index (χ1v) is 6.57. The fourth-order valence-electron chi connectivity index (χ4n) is 2.40. The summed E-state index contributed by atoms with van der Waals surface area (Å²) in [6.45, 7) is 4.51. The molecule has 1 aliphatic carbocycles. The number of hydrogen-bond acceptors (Lipinski definition) is 1. The van der Waals surface area contributed by atoms with Crippen LogP contribution in [0.1, 0.15) is 57.4 Å². The minimum Gasteiger partial charge on any atom is -0.490 e. The van der Waals surface area contributed by atoms with Crippen LogP contribution in [-0.4, -0.2) is 6.10 Å². The van der Waals surface area contributed by atoms with E-state index in [1.54, 1.807) is 0 Å². The molecule has 0 bridgehead atoms. The predicted molar refractivity (Wildman–Crippen MR) is 68.0 cm³/mol. The summed E-state index contributed by atoms with van der Waals surface area (Å²) in [6.07, 6.45) is 6.76. The fourth-order valence-corrected chi connectivity index (χ4v) is 2.40. The molecule has 1 saturated carbocycles. The van der Waals surface area contributed by atoms with Crippen molar-refractivity contribution in [1.82, 2.24) is 0 Å². The number of hydrogen-bond donors (Lipinski definition) is 0. The Bertz CT molecular complexity index is 326. The molecular weight excluding hydrogens is 196 g/mol. The molecule has 2 rings (SSSR count). The van der Waals surface area contributed by atoms with Crippen molar-refractivity contribution in [2.45, 2.75) is 58.0 Å². The van der Waals surface area contributed by atoms with Gasteiger partial charge in [-0.1, -0.05) is 32.0 Å². The molecule has 0 saturated heterocycles. The Kier molecular flexibility index (Phi) is 3.87. The molecule has 0 radical (unpaired) electrons. The van der Waals surface area contributed by atoms with Gasteiger partial charge in [0.05, 0.1) is 6.10 Å². The van der Waals surface area contributed by atoms with Crippen molar-refractivity contribution >= 4 is 0 Å². The molecule has 1 nitrogen and oxygen atoms in total. The van der Waals surface area contributed by atoms with Gasteiger partial charge in [-0.15, -0.1) is 0 Å². The average molecular weight is 218 g/mol. The van der Waals surface area contributed by atoms with Gasteiger partial charge >= 0.3 is 0 Å². The summed E-state index contributed by atoms with van der Waals surface area (Å²) in [5, 5.41) is 0.